The average molecular weight is 258 g/mol. The van der Waals surface area contributed by atoms with Crippen molar-refractivity contribution >= 4 is 11.8 Å². The number of rotatable bonds is 9. The van der Waals surface area contributed by atoms with Crippen LogP contribution in [0.1, 0.15) is 47.0 Å². The second-order valence-corrected chi connectivity index (χ2v) is 6.59. The van der Waals surface area contributed by atoms with Crippen LogP contribution in [0.15, 0.2) is 0 Å². The maximum atomic E-state index is 9.17. The van der Waals surface area contributed by atoms with E-state index in [1.807, 2.05) is 18.7 Å². The van der Waals surface area contributed by atoms with Gasteiger partial charge >= 0.3 is 0 Å². The molecule has 4 heteroatoms. The van der Waals surface area contributed by atoms with E-state index in [1.165, 1.54) is 0 Å². The standard InChI is InChI=1S/C13H26N2OS/c1-11(2)15-13(4,10-14)7-5-9-17-12(3)6-8-16/h11-12,15-16H,5-9H2,1-4H3. The van der Waals surface area contributed by atoms with Crippen LogP contribution in [0.3, 0.4) is 0 Å². The Balaban J connectivity index is 3.81. The van der Waals surface area contributed by atoms with Gasteiger partial charge in [0.25, 0.3) is 0 Å². The Morgan fingerprint density at radius 1 is 1.41 bits per heavy atom. The van der Waals surface area contributed by atoms with Gasteiger partial charge < -0.3 is 5.11 Å². The van der Waals surface area contributed by atoms with E-state index in [-0.39, 0.29) is 6.61 Å². The highest BCUT2D eigenvalue weighted by Gasteiger charge is 2.23. The fourth-order valence-electron chi connectivity index (χ4n) is 1.77. The first-order valence-electron chi connectivity index (χ1n) is 6.35. The Morgan fingerprint density at radius 2 is 2.06 bits per heavy atom. The number of hydrogen-bond donors (Lipinski definition) is 2. The summed E-state index contributed by atoms with van der Waals surface area (Å²) in [5.74, 6) is 1.05. The molecule has 0 aliphatic heterocycles. The summed E-state index contributed by atoms with van der Waals surface area (Å²) in [6.07, 6.45) is 2.76. The van der Waals surface area contributed by atoms with Gasteiger partial charge in [0, 0.05) is 17.9 Å². The van der Waals surface area contributed by atoms with Crippen LogP contribution in [0.4, 0.5) is 0 Å². The lowest BCUT2D eigenvalue weighted by Crippen LogP contribution is -2.44. The van der Waals surface area contributed by atoms with Crippen LogP contribution in [0.5, 0.6) is 0 Å². The van der Waals surface area contributed by atoms with Crippen LogP contribution < -0.4 is 5.32 Å². The van der Waals surface area contributed by atoms with Crippen LogP contribution in [0.25, 0.3) is 0 Å². The maximum Gasteiger partial charge on any atom is 0.104 e. The Kier molecular flexibility index (Phi) is 8.67. The van der Waals surface area contributed by atoms with Crippen LogP contribution in [-0.2, 0) is 0 Å². The molecule has 0 fully saturated rings. The minimum Gasteiger partial charge on any atom is -0.396 e. The smallest absolute Gasteiger partial charge is 0.104 e. The van der Waals surface area contributed by atoms with Gasteiger partial charge in [0.05, 0.1) is 6.07 Å². The third-order valence-electron chi connectivity index (χ3n) is 2.61. The number of thioether (sulfide) groups is 1. The summed E-state index contributed by atoms with van der Waals surface area (Å²) in [7, 11) is 0. The number of aliphatic hydroxyl groups excluding tert-OH is 1. The molecule has 0 saturated heterocycles. The molecule has 2 N–H and O–H groups in total. The molecule has 0 aliphatic rings. The van der Waals surface area contributed by atoms with Gasteiger partial charge in [-0.25, -0.2) is 0 Å². The van der Waals surface area contributed by atoms with Crippen LogP contribution in [-0.4, -0.2) is 34.3 Å². The molecule has 0 bridgehead atoms. The molecule has 0 aromatic heterocycles. The number of nitrogens with one attached hydrogen (secondary N) is 1. The van der Waals surface area contributed by atoms with Crippen LogP contribution >= 0.6 is 11.8 Å². The van der Waals surface area contributed by atoms with Gasteiger partial charge in [-0.3, -0.25) is 5.32 Å². The Bertz CT molecular complexity index is 240. The molecule has 0 heterocycles. The molecule has 0 radical (unpaired) electrons. The van der Waals surface area contributed by atoms with Gasteiger partial charge in [0.1, 0.15) is 5.54 Å². The van der Waals surface area contributed by atoms with Gasteiger partial charge in [-0.15, -0.1) is 0 Å². The topological polar surface area (TPSA) is 56.0 Å². The predicted molar refractivity (Wildman–Crippen MR) is 75.1 cm³/mol. The summed E-state index contributed by atoms with van der Waals surface area (Å²) >= 11 is 1.87. The molecule has 0 saturated carbocycles. The van der Waals surface area contributed by atoms with Crippen molar-refractivity contribution in [2.45, 2.75) is 63.8 Å². The van der Waals surface area contributed by atoms with Gasteiger partial charge in [-0.2, -0.15) is 17.0 Å². The minimum atomic E-state index is -0.408. The second-order valence-electron chi connectivity index (χ2n) is 5.04. The van der Waals surface area contributed by atoms with Crippen LogP contribution in [0, 0.1) is 11.3 Å². The largest absolute Gasteiger partial charge is 0.396 e. The highest BCUT2D eigenvalue weighted by molar-refractivity contribution is 7.99. The van der Waals surface area contributed by atoms with E-state index in [0.717, 1.165) is 25.0 Å². The molecule has 0 aromatic rings. The number of hydrogen-bond acceptors (Lipinski definition) is 4. The van der Waals surface area contributed by atoms with Crippen molar-refractivity contribution in [3.8, 4) is 6.07 Å². The first-order valence-corrected chi connectivity index (χ1v) is 7.40. The summed E-state index contributed by atoms with van der Waals surface area (Å²) in [5, 5.41) is 21.8. The van der Waals surface area contributed by atoms with Crippen LogP contribution in [0.2, 0.25) is 0 Å². The fraction of sp³-hybridized carbons (Fsp3) is 0.923. The SMILES string of the molecule is CC(C)NC(C)(C#N)CCCSC(C)CCO. The van der Waals surface area contributed by atoms with Crippen molar-refractivity contribution in [1.82, 2.24) is 5.32 Å². The highest BCUT2D eigenvalue weighted by Crippen LogP contribution is 2.19. The normalized spacial score (nSPS) is 16.5. The van der Waals surface area contributed by atoms with Crippen molar-refractivity contribution in [1.29, 1.82) is 5.26 Å². The van der Waals surface area contributed by atoms with Gasteiger partial charge in [-0.05, 0) is 45.8 Å². The second kappa shape index (κ2) is 8.79. The Hall–Kier alpha value is -0.240. The molecule has 2 atom stereocenters. The third kappa shape index (κ3) is 8.48. The number of nitrogens with zero attached hydrogens (tertiary/aromatic N) is 1. The summed E-state index contributed by atoms with van der Waals surface area (Å²) in [6, 6.07) is 2.70. The molecule has 17 heavy (non-hydrogen) atoms. The van der Waals surface area contributed by atoms with Gasteiger partial charge in [0.15, 0.2) is 0 Å². The third-order valence-corrected chi connectivity index (χ3v) is 3.94. The summed E-state index contributed by atoms with van der Waals surface area (Å²) in [5.41, 5.74) is -0.408. The van der Waals surface area contributed by atoms with Gasteiger partial charge in [0.2, 0.25) is 0 Å². The highest BCUT2D eigenvalue weighted by atomic mass is 32.2. The maximum absolute atomic E-state index is 9.17. The van der Waals surface area contributed by atoms with E-state index in [0.29, 0.717) is 11.3 Å². The van der Waals surface area contributed by atoms with E-state index < -0.39 is 5.54 Å². The minimum absolute atomic E-state index is 0.263. The van der Waals surface area contributed by atoms with E-state index in [1.54, 1.807) is 0 Å². The van der Waals surface area contributed by atoms with Crippen molar-refractivity contribution < 1.29 is 5.11 Å². The molecule has 0 aliphatic carbocycles. The fourth-order valence-corrected chi connectivity index (χ4v) is 2.76. The average Bonchev–Trinajstić information content (AvgIpc) is 2.24. The van der Waals surface area contributed by atoms with Crippen molar-refractivity contribution in [3.05, 3.63) is 0 Å². The number of nitriles is 1. The molecule has 0 aromatic carbocycles. The van der Waals surface area contributed by atoms with Gasteiger partial charge in [-0.1, -0.05) is 6.92 Å². The molecule has 100 valence electrons. The number of aliphatic hydroxyl groups is 1. The summed E-state index contributed by atoms with van der Waals surface area (Å²) in [4.78, 5) is 0. The zero-order valence-electron chi connectivity index (χ0n) is 11.5. The lowest BCUT2D eigenvalue weighted by atomic mass is 9.97. The molecule has 0 spiro atoms. The van der Waals surface area contributed by atoms with E-state index >= 15 is 0 Å². The van der Waals surface area contributed by atoms with E-state index in [2.05, 4.69) is 32.2 Å². The Labute approximate surface area is 110 Å². The van der Waals surface area contributed by atoms with E-state index in [9.17, 15) is 5.26 Å². The van der Waals surface area contributed by atoms with Crippen molar-refractivity contribution in [3.63, 3.8) is 0 Å². The summed E-state index contributed by atoms with van der Waals surface area (Å²) < 4.78 is 0. The Morgan fingerprint density at radius 3 is 2.53 bits per heavy atom. The molecule has 0 rings (SSSR count). The summed E-state index contributed by atoms with van der Waals surface area (Å²) in [6.45, 7) is 8.49. The lowest BCUT2D eigenvalue weighted by Gasteiger charge is -2.26. The van der Waals surface area contributed by atoms with Crippen molar-refractivity contribution in [2.24, 2.45) is 0 Å². The zero-order valence-corrected chi connectivity index (χ0v) is 12.3. The predicted octanol–water partition coefficient (Wildman–Crippen LogP) is 2.55. The monoisotopic (exact) mass is 258 g/mol. The molecule has 3 nitrogen and oxygen atoms in total. The lowest BCUT2D eigenvalue weighted by molar-refractivity contribution is 0.289. The molecule has 2 unspecified atom stereocenters. The van der Waals surface area contributed by atoms with E-state index in [4.69, 9.17) is 5.11 Å². The first-order chi connectivity index (χ1) is 7.93. The molecular formula is C13H26N2OS. The molecular weight excluding hydrogens is 232 g/mol. The molecule has 0 amide bonds. The quantitative estimate of drug-likeness (QED) is 0.624. The first kappa shape index (κ1) is 16.8. The zero-order chi connectivity index (χ0) is 13.3. The van der Waals surface area contributed by atoms with Crippen molar-refractivity contribution in [2.75, 3.05) is 12.4 Å².